The minimum absolute atomic E-state index is 0.107. The van der Waals surface area contributed by atoms with Crippen LogP contribution in [-0.2, 0) is 9.59 Å². The summed E-state index contributed by atoms with van der Waals surface area (Å²) >= 11 is 12.0. The fourth-order valence-corrected chi connectivity index (χ4v) is 2.94. The first-order chi connectivity index (χ1) is 9.86. The molecule has 0 bridgehead atoms. The van der Waals surface area contributed by atoms with Gasteiger partial charge in [-0.1, -0.05) is 37.0 Å². The number of carbonyl (C=O) groups excluding carboxylic acids is 2. The second-order valence-corrected chi connectivity index (χ2v) is 6.49. The molecule has 1 unspecified atom stereocenters. The van der Waals surface area contributed by atoms with Crippen LogP contribution in [0, 0.1) is 5.92 Å². The minimum atomic E-state index is -0.502. The molecule has 4 nitrogen and oxygen atoms in total. The Morgan fingerprint density at radius 2 is 1.86 bits per heavy atom. The van der Waals surface area contributed by atoms with Gasteiger partial charge in [-0.2, -0.15) is 0 Å². The third-order valence-corrected chi connectivity index (χ3v) is 3.76. The third kappa shape index (κ3) is 4.11. The molecule has 114 valence electrons. The maximum absolute atomic E-state index is 12.7. The highest BCUT2D eigenvalue weighted by Gasteiger charge is 2.31. The van der Waals surface area contributed by atoms with Gasteiger partial charge in [-0.05, 0) is 30.5 Å². The number of hydrogen-bond donors (Lipinski definition) is 1. The molecule has 1 aliphatic heterocycles. The Labute approximate surface area is 134 Å². The van der Waals surface area contributed by atoms with E-state index in [1.165, 1.54) is 0 Å². The van der Waals surface area contributed by atoms with Crippen molar-refractivity contribution in [3.8, 4) is 0 Å². The highest BCUT2D eigenvalue weighted by molar-refractivity contribution is 6.35. The average Bonchev–Trinajstić information content (AvgIpc) is 2.48. The summed E-state index contributed by atoms with van der Waals surface area (Å²) in [7, 11) is 0. The summed E-state index contributed by atoms with van der Waals surface area (Å²) in [4.78, 5) is 26.0. The molecule has 1 heterocycles. The van der Waals surface area contributed by atoms with E-state index in [0.717, 1.165) is 0 Å². The molecule has 21 heavy (non-hydrogen) atoms. The van der Waals surface area contributed by atoms with Crippen LogP contribution in [-0.4, -0.2) is 24.4 Å². The van der Waals surface area contributed by atoms with Crippen molar-refractivity contribution in [3.05, 3.63) is 28.2 Å². The molecule has 1 saturated heterocycles. The monoisotopic (exact) mass is 328 g/mol. The predicted molar refractivity (Wildman–Crippen MR) is 84.8 cm³/mol. The van der Waals surface area contributed by atoms with E-state index in [2.05, 4.69) is 5.32 Å². The molecule has 0 radical (unpaired) electrons. The summed E-state index contributed by atoms with van der Waals surface area (Å²) in [6.45, 7) is 4.37. The van der Waals surface area contributed by atoms with Gasteiger partial charge < -0.3 is 10.2 Å². The van der Waals surface area contributed by atoms with E-state index in [1.54, 1.807) is 23.1 Å². The molecule has 0 aromatic heterocycles. The average molecular weight is 329 g/mol. The minimum Gasteiger partial charge on any atom is -0.344 e. The van der Waals surface area contributed by atoms with E-state index in [4.69, 9.17) is 23.2 Å². The summed E-state index contributed by atoms with van der Waals surface area (Å²) in [5, 5.41) is 3.73. The van der Waals surface area contributed by atoms with Crippen LogP contribution in [0.15, 0.2) is 18.2 Å². The van der Waals surface area contributed by atoms with Crippen LogP contribution < -0.4 is 10.2 Å². The van der Waals surface area contributed by atoms with E-state index in [-0.39, 0.29) is 18.2 Å². The largest absolute Gasteiger partial charge is 0.344 e. The number of nitrogens with zero attached hydrogens (tertiary/aromatic N) is 1. The van der Waals surface area contributed by atoms with Crippen LogP contribution in [0.1, 0.15) is 26.7 Å². The first-order valence-electron chi connectivity index (χ1n) is 6.93. The predicted octanol–water partition coefficient (Wildman–Crippen LogP) is 3.26. The van der Waals surface area contributed by atoms with Gasteiger partial charge in [0.1, 0.15) is 6.04 Å². The molecular weight excluding hydrogens is 311 g/mol. The van der Waals surface area contributed by atoms with Crippen LogP contribution in [0.2, 0.25) is 10.0 Å². The van der Waals surface area contributed by atoms with Gasteiger partial charge in [-0.3, -0.25) is 9.59 Å². The van der Waals surface area contributed by atoms with E-state index in [1.807, 2.05) is 13.8 Å². The lowest BCUT2D eigenvalue weighted by molar-refractivity contribution is -0.125. The van der Waals surface area contributed by atoms with E-state index < -0.39 is 6.04 Å². The lowest BCUT2D eigenvalue weighted by Gasteiger charge is -2.25. The van der Waals surface area contributed by atoms with Crippen molar-refractivity contribution in [2.45, 2.75) is 32.7 Å². The second kappa shape index (κ2) is 6.67. The zero-order valence-corrected chi connectivity index (χ0v) is 13.5. The molecule has 6 heteroatoms. The Morgan fingerprint density at radius 3 is 2.43 bits per heavy atom. The molecule has 0 saturated carbocycles. The van der Waals surface area contributed by atoms with Crippen LogP contribution in [0.25, 0.3) is 0 Å². The molecular formula is C15H18Cl2N2O2. The fraction of sp³-hybridized carbons (Fsp3) is 0.467. The fourth-order valence-electron chi connectivity index (χ4n) is 2.42. The standard InChI is InChI=1S/C15H18Cl2N2O2/c1-9(2)5-13-15(21)19(4-3-14(20)18-13)12-7-10(16)6-11(17)8-12/h6-9,13H,3-5H2,1-2H3,(H,18,20). The highest BCUT2D eigenvalue weighted by atomic mass is 35.5. The molecule has 1 aromatic carbocycles. The Bertz CT molecular complexity index is 540. The van der Waals surface area contributed by atoms with Gasteiger partial charge in [0.05, 0.1) is 0 Å². The summed E-state index contributed by atoms with van der Waals surface area (Å²) in [5.41, 5.74) is 0.628. The first-order valence-corrected chi connectivity index (χ1v) is 7.69. The number of rotatable bonds is 3. The second-order valence-electron chi connectivity index (χ2n) is 5.62. The van der Waals surface area contributed by atoms with Crippen LogP contribution >= 0.6 is 23.2 Å². The zero-order valence-electron chi connectivity index (χ0n) is 12.0. The normalized spacial score (nSPS) is 19.7. The van der Waals surface area contributed by atoms with Gasteiger partial charge in [-0.25, -0.2) is 0 Å². The quantitative estimate of drug-likeness (QED) is 0.925. The number of amides is 2. The highest BCUT2D eigenvalue weighted by Crippen LogP contribution is 2.27. The Balaban J connectivity index is 2.32. The lowest BCUT2D eigenvalue weighted by Crippen LogP contribution is -2.45. The number of benzene rings is 1. The van der Waals surface area contributed by atoms with Crippen molar-refractivity contribution in [2.24, 2.45) is 5.92 Å². The van der Waals surface area contributed by atoms with Gasteiger partial charge >= 0.3 is 0 Å². The molecule has 1 atom stereocenters. The summed E-state index contributed by atoms with van der Waals surface area (Å²) in [6.07, 6.45) is 0.875. The number of hydrogen-bond acceptors (Lipinski definition) is 2. The molecule has 1 aliphatic rings. The van der Waals surface area contributed by atoms with Crippen LogP contribution in [0.4, 0.5) is 5.69 Å². The SMILES string of the molecule is CC(C)CC1NC(=O)CCN(c2cc(Cl)cc(Cl)c2)C1=O. The smallest absolute Gasteiger partial charge is 0.249 e. The number of nitrogens with one attached hydrogen (secondary N) is 1. The molecule has 1 N–H and O–H groups in total. The molecule has 1 fully saturated rings. The Hall–Kier alpha value is -1.26. The molecule has 2 amide bonds. The lowest BCUT2D eigenvalue weighted by atomic mass is 10.0. The van der Waals surface area contributed by atoms with Gasteiger partial charge in [0.25, 0.3) is 0 Å². The molecule has 1 aromatic rings. The van der Waals surface area contributed by atoms with Gasteiger partial charge in [-0.15, -0.1) is 0 Å². The number of anilines is 1. The Morgan fingerprint density at radius 1 is 1.24 bits per heavy atom. The molecule has 2 rings (SSSR count). The van der Waals surface area contributed by atoms with Crippen molar-refractivity contribution >= 4 is 40.7 Å². The van der Waals surface area contributed by atoms with Crippen LogP contribution in [0.5, 0.6) is 0 Å². The zero-order chi connectivity index (χ0) is 15.6. The van der Waals surface area contributed by atoms with Crippen molar-refractivity contribution in [1.82, 2.24) is 5.32 Å². The van der Waals surface area contributed by atoms with Crippen molar-refractivity contribution < 1.29 is 9.59 Å². The maximum Gasteiger partial charge on any atom is 0.249 e. The van der Waals surface area contributed by atoms with E-state index in [9.17, 15) is 9.59 Å². The van der Waals surface area contributed by atoms with E-state index >= 15 is 0 Å². The first kappa shape index (κ1) is 16.1. The van der Waals surface area contributed by atoms with Crippen molar-refractivity contribution in [1.29, 1.82) is 0 Å². The summed E-state index contributed by atoms with van der Waals surface area (Å²) in [6, 6.07) is 4.49. The number of carbonyl (C=O) groups is 2. The Kier molecular flexibility index (Phi) is 5.12. The van der Waals surface area contributed by atoms with E-state index in [0.29, 0.717) is 34.6 Å². The summed E-state index contributed by atoms with van der Waals surface area (Å²) < 4.78 is 0. The van der Waals surface area contributed by atoms with Gasteiger partial charge in [0, 0.05) is 28.7 Å². The molecule has 0 aliphatic carbocycles. The topological polar surface area (TPSA) is 49.4 Å². The van der Waals surface area contributed by atoms with Crippen LogP contribution in [0.3, 0.4) is 0 Å². The van der Waals surface area contributed by atoms with Gasteiger partial charge in [0.15, 0.2) is 0 Å². The van der Waals surface area contributed by atoms with Crippen molar-refractivity contribution in [2.75, 3.05) is 11.4 Å². The van der Waals surface area contributed by atoms with Gasteiger partial charge in [0.2, 0.25) is 11.8 Å². The number of halogens is 2. The third-order valence-electron chi connectivity index (χ3n) is 3.33. The van der Waals surface area contributed by atoms with Crippen molar-refractivity contribution in [3.63, 3.8) is 0 Å². The summed E-state index contributed by atoms with van der Waals surface area (Å²) in [5.74, 6) is 0.0830. The maximum atomic E-state index is 12.7. The molecule has 0 spiro atoms.